The molecule has 2 aromatic rings. The Kier molecular flexibility index (Phi) is 6.13. The third-order valence-electron chi connectivity index (χ3n) is 3.58. The molecule has 2 rings (SSSR count). The lowest BCUT2D eigenvalue weighted by atomic mass is 10.0. The van der Waals surface area contributed by atoms with Crippen molar-refractivity contribution >= 4 is 29.2 Å². The monoisotopic (exact) mass is 378 g/mol. The number of amides is 1. The average molecular weight is 379 g/mol. The van der Waals surface area contributed by atoms with Crippen molar-refractivity contribution in [2.45, 2.75) is 12.5 Å². The summed E-state index contributed by atoms with van der Waals surface area (Å²) in [5, 5.41) is 22.8. The predicted octanol–water partition coefficient (Wildman–Crippen LogP) is 2.68. The number of carboxylic acid groups (broad SMARTS) is 1. The largest absolute Gasteiger partial charge is 0.495 e. The van der Waals surface area contributed by atoms with Crippen LogP contribution in [-0.4, -0.2) is 35.1 Å². The lowest BCUT2D eigenvalue weighted by Gasteiger charge is -2.15. The van der Waals surface area contributed by atoms with Crippen molar-refractivity contribution in [2.75, 3.05) is 7.11 Å². The van der Waals surface area contributed by atoms with Gasteiger partial charge in [-0.1, -0.05) is 23.7 Å². The van der Waals surface area contributed by atoms with E-state index in [9.17, 15) is 24.8 Å². The molecule has 0 saturated carbocycles. The molecule has 0 heterocycles. The zero-order valence-corrected chi connectivity index (χ0v) is 14.4. The van der Waals surface area contributed by atoms with E-state index in [1.807, 2.05) is 0 Å². The first kappa shape index (κ1) is 19.2. The van der Waals surface area contributed by atoms with Crippen LogP contribution in [0, 0.1) is 10.1 Å². The molecule has 0 aliphatic heterocycles. The quantitative estimate of drug-likeness (QED) is 0.564. The third kappa shape index (κ3) is 4.70. The van der Waals surface area contributed by atoms with E-state index in [0.717, 1.165) is 6.07 Å². The number of ether oxygens (including phenoxy) is 1. The number of hydrogen-bond acceptors (Lipinski definition) is 5. The van der Waals surface area contributed by atoms with Gasteiger partial charge in [0.15, 0.2) is 0 Å². The van der Waals surface area contributed by atoms with E-state index < -0.39 is 22.8 Å². The van der Waals surface area contributed by atoms with Gasteiger partial charge in [0.05, 0.1) is 17.1 Å². The van der Waals surface area contributed by atoms with Gasteiger partial charge in [-0.15, -0.1) is 0 Å². The normalized spacial score (nSPS) is 11.5. The van der Waals surface area contributed by atoms with Crippen LogP contribution in [0.15, 0.2) is 42.5 Å². The van der Waals surface area contributed by atoms with E-state index in [4.69, 9.17) is 16.3 Å². The Balaban J connectivity index is 2.16. The van der Waals surface area contributed by atoms with E-state index in [2.05, 4.69) is 5.32 Å². The minimum atomic E-state index is -1.24. The molecule has 9 heteroatoms. The Labute approximate surface area is 153 Å². The van der Waals surface area contributed by atoms with Crippen LogP contribution in [0.3, 0.4) is 0 Å². The van der Waals surface area contributed by atoms with Crippen LogP contribution in [0.5, 0.6) is 5.75 Å². The number of methoxy groups -OCH3 is 1. The molecule has 2 N–H and O–H groups in total. The van der Waals surface area contributed by atoms with Gasteiger partial charge >= 0.3 is 5.97 Å². The maximum absolute atomic E-state index is 12.2. The van der Waals surface area contributed by atoms with Crippen molar-refractivity contribution in [3.63, 3.8) is 0 Å². The van der Waals surface area contributed by atoms with Crippen LogP contribution in [0.1, 0.15) is 15.9 Å². The second-order valence-corrected chi connectivity index (χ2v) is 5.75. The number of hydrogen-bond donors (Lipinski definition) is 2. The zero-order valence-electron chi connectivity index (χ0n) is 13.6. The Hall–Kier alpha value is -3.13. The number of rotatable bonds is 7. The fourth-order valence-electron chi connectivity index (χ4n) is 2.27. The maximum Gasteiger partial charge on any atom is 0.326 e. The molecule has 136 valence electrons. The number of carboxylic acids is 1. The Bertz CT molecular complexity index is 855. The molecule has 0 unspecified atom stereocenters. The molecule has 0 saturated heterocycles. The number of aliphatic carboxylic acids is 1. The van der Waals surface area contributed by atoms with Crippen LogP contribution in [0.2, 0.25) is 5.02 Å². The standard InChI is InChI=1S/C17H15ClN2O6/c1-26-15-6-5-10(7-13(15)18)8-14(17(22)23)19-16(21)11-3-2-4-12(9-11)20(24)25/h2-7,9,14H,8H2,1H3,(H,19,21)(H,22,23)/t14-/m1/s1. The Morgan fingerprint density at radius 3 is 2.62 bits per heavy atom. The lowest BCUT2D eigenvalue weighted by Crippen LogP contribution is -2.42. The van der Waals surface area contributed by atoms with Crippen LogP contribution in [-0.2, 0) is 11.2 Å². The van der Waals surface area contributed by atoms with E-state index in [1.54, 1.807) is 18.2 Å². The topological polar surface area (TPSA) is 119 Å². The van der Waals surface area contributed by atoms with Gasteiger partial charge < -0.3 is 15.2 Å². The smallest absolute Gasteiger partial charge is 0.326 e. The fraction of sp³-hybridized carbons (Fsp3) is 0.176. The summed E-state index contributed by atoms with van der Waals surface area (Å²) in [5.41, 5.74) is 0.326. The molecular weight excluding hydrogens is 364 g/mol. The highest BCUT2D eigenvalue weighted by Crippen LogP contribution is 2.25. The highest BCUT2D eigenvalue weighted by atomic mass is 35.5. The van der Waals surface area contributed by atoms with Crippen molar-refractivity contribution in [3.8, 4) is 5.75 Å². The van der Waals surface area contributed by atoms with Gasteiger partial charge in [0.25, 0.3) is 11.6 Å². The van der Waals surface area contributed by atoms with Crippen LogP contribution < -0.4 is 10.1 Å². The molecule has 26 heavy (non-hydrogen) atoms. The van der Waals surface area contributed by atoms with Crippen molar-refractivity contribution in [2.24, 2.45) is 0 Å². The van der Waals surface area contributed by atoms with Gasteiger partial charge in [0.1, 0.15) is 11.8 Å². The average Bonchev–Trinajstić information content (AvgIpc) is 2.61. The summed E-state index contributed by atoms with van der Waals surface area (Å²) >= 11 is 6.02. The van der Waals surface area contributed by atoms with Gasteiger partial charge in [0, 0.05) is 24.1 Å². The number of halogens is 1. The Morgan fingerprint density at radius 2 is 2.04 bits per heavy atom. The molecule has 0 radical (unpaired) electrons. The molecule has 0 fully saturated rings. The summed E-state index contributed by atoms with van der Waals surface area (Å²) in [6.07, 6.45) is -0.0142. The Morgan fingerprint density at radius 1 is 1.31 bits per heavy atom. The summed E-state index contributed by atoms with van der Waals surface area (Å²) in [7, 11) is 1.46. The first-order chi connectivity index (χ1) is 12.3. The fourth-order valence-corrected chi connectivity index (χ4v) is 2.56. The maximum atomic E-state index is 12.2. The van der Waals surface area contributed by atoms with Gasteiger partial charge in [-0.25, -0.2) is 4.79 Å². The summed E-state index contributed by atoms with van der Waals surface area (Å²) in [5.74, 6) is -1.51. The summed E-state index contributed by atoms with van der Waals surface area (Å²) in [6, 6.07) is 8.60. The SMILES string of the molecule is COc1ccc(C[C@@H](NC(=O)c2cccc([N+](=O)[O-])c2)C(=O)O)cc1Cl. The van der Waals surface area contributed by atoms with Crippen LogP contribution in [0.25, 0.3) is 0 Å². The van der Waals surface area contributed by atoms with Crippen molar-refractivity contribution in [1.82, 2.24) is 5.32 Å². The van der Waals surface area contributed by atoms with E-state index in [1.165, 1.54) is 25.3 Å². The summed E-state index contributed by atoms with van der Waals surface area (Å²) < 4.78 is 5.03. The molecule has 0 bridgehead atoms. The van der Waals surface area contributed by atoms with Crippen molar-refractivity contribution in [1.29, 1.82) is 0 Å². The van der Waals surface area contributed by atoms with Gasteiger partial charge in [-0.05, 0) is 23.8 Å². The second-order valence-electron chi connectivity index (χ2n) is 5.34. The molecule has 1 atom stereocenters. The van der Waals surface area contributed by atoms with E-state index >= 15 is 0 Å². The summed E-state index contributed by atoms with van der Waals surface area (Å²) in [6.45, 7) is 0. The molecule has 0 aliphatic carbocycles. The number of nitro benzene ring substituents is 1. The highest BCUT2D eigenvalue weighted by Gasteiger charge is 2.22. The molecule has 0 aromatic heterocycles. The number of non-ortho nitro benzene ring substituents is 1. The van der Waals surface area contributed by atoms with Crippen LogP contribution >= 0.6 is 11.6 Å². The van der Waals surface area contributed by atoms with Gasteiger partial charge in [0.2, 0.25) is 0 Å². The number of nitrogens with one attached hydrogen (secondary N) is 1. The first-order valence-electron chi connectivity index (χ1n) is 7.42. The number of benzene rings is 2. The minimum Gasteiger partial charge on any atom is -0.495 e. The first-order valence-corrected chi connectivity index (χ1v) is 7.80. The molecule has 0 spiro atoms. The van der Waals surface area contributed by atoms with E-state index in [-0.39, 0.29) is 17.7 Å². The molecule has 8 nitrogen and oxygen atoms in total. The second kappa shape index (κ2) is 8.30. The third-order valence-corrected chi connectivity index (χ3v) is 3.87. The zero-order chi connectivity index (χ0) is 19.3. The van der Waals surface area contributed by atoms with Crippen molar-refractivity contribution < 1.29 is 24.4 Å². The molecule has 1 amide bonds. The van der Waals surface area contributed by atoms with Gasteiger partial charge in [-0.2, -0.15) is 0 Å². The van der Waals surface area contributed by atoms with Crippen LogP contribution in [0.4, 0.5) is 5.69 Å². The highest BCUT2D eigenvalue weighted by molar-refractivity contribution is 6.32. The number of carbonyl (C=O) groups excluding carboxylic acids is 1. The predicted molar refractivity (Wildman–Crippen MR) is 93.7 cm³/mol. The van der Waals surface area contributed by atoms with Gasteiger partial charge in [-0.3, -0.25) is 14.9 Å². The molecule has 2 aromatic carbocycles. The minimum absolute atomic E-state index is 0.00165. The van der Waals surface area contributed by atoms with Crippen molar-refractivity contribution in [3.05, 3.63) is 68.7 Å². The van der Waals surface area contributed by atoms with E-state index in [0.29, 0.717) is 16.3 Å². The molecular formula is C17H15ClN2O6. The molecule has 0 aliphatic rings. The number of carbonyl (C=O) groups is 2. The number of nitro groups is 1. The number of nitrogens with zero attached hydrogens (tertiary/aromatic N) is 1. The lowest BCUT2D eigenvalue weighted by molar-refractivity contribution is -0.384. The summed E-state index contributed by atoms with van der Waals surface area (Å²) in [4.78, 5) is 33.9.